The van der Waals surface area contributed by atoms with Gasteiger partial charge in [-0.2, -0.15) is 0 Å². The van der Waals surface area contributed by atoms with E-state index in [1.54, 1.807) is 0 Å². The smallest absolute Gasteiger partial charge is 0.224 e. The Morgan fingerprint density at radius 2 is 1.85 bits per heavy atom. The summed E-state index contributed by atoms with van der Waals surface area (Å²) in [6, 6.07) is 16.9. The van der Waals surface area contributed by atoms with Crippen molar-refractivity contribution >= 4 is 11.8 Å². The third-order valence-electron chi connectivity index (χ3n) is 6.01. The van der Waals surface area contributed by atoms with Crippen molar-refractivity contribution in [1.82, 2.24) is 10.6 Å². The molecule has 174 valence electrons. The van der Waals surface area contributed by atoms with Crippen LogP contribution in [0.5, 0.6) is 0 Å². The highest BCUT2D eigenvalue weighted by atomic mass is 16.3. The summed E-state index contributed by atoms with van der Waals surface area (Å²) >= 11 is 0. The molecule has 2 aromatic rings. The second-order valence-corrected chi connectivity index (χ2v) is 8.59. The summed E-state index contributed by atoms with van der Waals surface area (Å²) in [6.45, 7) is 0.0718. The molecule has 3 rings (SSSR count). The highest BCUT2D eigenvalue weighted by Crippen LogP contribution is 2.31. The van der Waals surface area contributed by atoms with Gasteiger partial charge in [-0.3, -0.25) is 9.59 Å². The first-order valence-corrected chi connectivity index (χ1v) is 11.5. The third-order valence-corrected chi connectivity index (χ3v) is 6.01. The van der Waals surface area contributed by atoms with Gasteiger partial charge in [0.05, 0.1) is 18.2 Å². The van der Waals surface area contributed by atoms with Crippen LogP contribution in [0.1, 0.15) is 48.4 Å². The first-order chi connectivity index (χ1) is 16.0. The van der Waals surface area contributed by atoms with E-state index in [1.807, 2.05) is 54.6 Å². The lowest BCUT2D eigenvalue weighted by atomic mass is 9.92. The number of aliphatic hydroxyl groups excluding tert-OH is 2. The number of amides is 2. The Hall–Kier alpha value is -3.14. The van der Waals surface area contributed by atoms with Crippen molar-refractivity contribution in [2.75, 3.05) is 6.54 Å². The van der Waals surface area contributed by atoms with Crippen LogP contribution in [0, 0.1) is 18.3 Å². The van der Waals surface area contributed by atoms with E-state index in [9.17, 15) is 19.8 Å². The van der Waals surface area contributed by atoms with E-state index in [0.29, 0.717) is 32.1 Å². The van der Waals surface area contributed by atoms with Gasteiger partial charge in [0.2, 0.25) is 11.8 Å². The van der Waals surface area contributed by atoms with Crippen LogP contribution in [0.25, 0.3) is 0 Å². The number of fused-ring (bicyclic) bond motifs is 1. The molecule has 0 spiro atoms. The van der Waals surface area contributed by atoms with Crippen LogP contribution in [0.3, 0.4) is 0 Å². The Bertz CT molecular complexity index is 970. The topological polar surface area (TPSA) is 98.7 Å². The maximum atomic E-state index is 13.3. The Balaban J connectivity index is 1.63. The molecule has 0 radical (unpaired) electrons. The van der Waals surface area contributed by atoms with Gasteiger partial charge in [0.15, 0.2) is 0 Å². The molecule has 2 aromatic carbocycles. The monoisotopic (exact) mass is 448 g/mol. The van der Waals surface area contributed by atoms with Crippen molar-refractivity contribution in [2.24, 2.45) is 5.92 Å². The lowest BCUT2D eigenvalue weighted by Crippen LogP contribution is -2.41. The fourth-order valence-corrected chi connectivity index (χ4v) is 4.28. The van der Waals surface area contributed by atoms with Crippen LogP contribution in [0.15, 0.2) is 54.6 Å². The zero-order valence-corrected chi connectivity index (χ0v) is 18.7. The molecule has 1 aliphatic rings. The van der Waals surface area contributed by atoms with E-state index in [0.717, 1.165) is 16.7 Å². The number of hydrogen-bond donors (Lipinski definition) is 4. The summed E-state index contributed by atoms with van der Waals surface area (Å²) in [7, 11) is 0. The fourth-order valence-electron chi connectivity index (χ4n) is 4.28. The van der Waals surface area contributed by atoms with E-state index < -0.39 is 24.2 Å². The lowest BCUT2D eigenvalue weighted by molar-refractivity contribution is -0.127. The first kappa shape index (κ1) is 24.5. The van der Waals surface area contributed by atoms with Gasteiger partial charge in [0.25, 0.3) is 0 Å². The maximum Gasteiger partial charge on any atom is 0.224 e. The molecule has 0 saturated heterocycles. The summed E-state index contributed by atoms with van der Waals surface area (Å²) < 4.78 is 0. The standard InChI is InChI=1S/C27H32N2O4/c1-2-3-5-14-25(32)28-18-22(30)16-21(15-19-10-6-4-7-11-19)27(33)29-26-23-13-9-8-12-20(23)17-24(26)31/h1,4,6-13,21-22,24,26,30-31H,3,5,14-18H2,(H,28,32)(H,29,33)/t21-,22+,24-,26+/m1/s1. The third kappa shape index (κ3) is 7.18. The maximum absolute atomic E-state index is 13.3. The first-order valence-electron chi connectivity index (χ1n) is 11.5. The van der Waals surface area contributed by atoms with Crippen molar-refractivity contribution < 1.29 is 19.8 Å². The predicted molar refractivity (Wildman–Crippen MR) is 127 cm³/mol. The van der Waals surface area contributed by atoms with Crippen LogP contribution in [0.2, 0.25) is 0 Å². The molecule has 0 unspecified atom stereocenters. The number of carbonyl (C=O) groups is 2. The molecular weight excluding hydrogens is 416 g/mol. The minimum atomic E-state index is -0.873. The van der Waals surface area contributed by atoms with Crippen molar-refractivity contribution in [2.45, 2.75) is 56.8 Å². The molecule has 4 atom stereocenters. The van der Waals surface area contributed by atoms with E-state index in [1.165, 1.54) is 0 Å². The molecule has 2 amide bonds. The normalized spacial score (nSPS) is 18.6. The predicted octanol–water partition coefficient (Wildman–Crippen LogP) is 2.29. The van der Waals surface area contributed by atoms with Crippen LogP contribution >= 0.6 is 0 Å². The van der Waals surface area contributed by atoms with Crippen molar-refractivity contribution in [3.8, 4) is 12.3 Å². The van der Waals surface area contributed by atoms with Gasteiger partial charge in [-0.15, -0.1) is 12.3 Å². The summed E-state index contributed by atoms with van der Waals surface area (Å²) in [5.41, 5.74) is 2.94. The van der Waals surface area contributed by atoms with Crippen molar-refractivity contribution in [3.05, 3.63) is 71.3 Å². The molecule has 33 heavy (non-hydrogen) atoms. The molecule has 6 heteroatoms. The summed E-state index contributed by atoms with van der Waals surface area (Å²) in [5.74, 6) is 1.59. The van der Waals surface area contributed by atoms with E-state index in [-0.39, 0.29) is 24.8 Å². The minimum Gasteiger partial charge on any atom is -0.391 e. The largest absolute Gasteiger partial charge is 0.391 e. The van der Waals surface area contributed by atoms with Gasteiger partial charge < -0.3 is 20.8 Å². The van der Waals surface area contributed by atoms with Gasteiger partial charge in [0, 0.05) is 31.7 Å². The van der Waals surface area contributed by atoms with Crippen LogP contribution in [0.4, 0.5) is 0 Å². The Kier molecular flexibility index (Phi) is 9.05. The van der Waals surface area contributed by atoms with E-state index in [4.69, 9.17) is 6.42 Å². The van der Waals surface area contributed by atoms with Crippen LogP contribution in [-0.4, -0.2) is 40.8 Å². The summed E-state index contributed by atoms with van der Waals surface area (Å²) in [6.07, 6.45) is 6.22. The van der Waals surface area contributed by atoms with Gasteiger partial charge in [-0.05, 0) is 36.0 Å². The Morgan fingerprint density at radius 3 is 2.61 bits per heavy atom. The lowest BCUT2D eigenvalue weighted by Gasteiger charge is -2.24. The molecule has 0 heterocycles. The Morgan fingerprint density at radius 1 is 1.12 bits per heavy atom. The highest BCUT2D eigenvalue weighted by Gasteiger charge is 2.34. The van der Waals surface area contributed by atoms with E-state index in [2.05, 4.69) is 16.6 Å². The van der Waals surface area contributed by atoms with Gasteiger partial charge >= 0.3 is 0 Å². The Labute approximate surface area is 195 Å². The number of terminal acetylenes is 1. The minimum absolute atomic E-state index is 0.0718. The number of carbonyl (C=O) groups excluding carboxylic acids is 2. The molecule has 1 aliphatic carbocycles. The van der Waals surface area contributed by atoms with Crippen LogP contribution in [-0.2, 0) is 22.4 Å². The summed E-state index contributed by atoms with van der Waals surface area (Å²) in [4.78, 5) is 25.2. The average Bonchev–Trinajstić information content (AvgIpc) is 3.13. The number of hydrogen-bond acceptors (Lipinski definition) is 4. The zero-order chi connectivity index (χ0) is 23.6. The molecule has 0 aromatic heterocycles. The van der Waals surface area contributed by atoms with Gasteiger partial charge in [0.1, 0.15) is 0 Å². The number of aliphatic hydroxyl groups is 2. The SMILES string of the molecule is C#CCCCC(=O)NC[C@@H](O)C[C@@H](Cc1ccccc1)C(=O)N[C@H]1c2ccccc2C[C@H]1O. The second kappa shape index (κ2) is 12.2. The highest BCUT2D eigenvalue weighted by molar-refractivity contribution is 5.80. The van der Waals surface area contributed by atoms with E-state index >= 15 is 0 Å². The van der Waals surface area contributed by atoms with Crippen molar-refractivity contribution in [1.29, 1.82) is 0 Å². The number of benzene rings is 2. The molecule has 0 fully saturated rings. The summed E-state index contributed by atoms with van der Waals surface area (Å²) in [5, 5.41) is 26.8. The molecule has 0 saturated carbocycles. The second-order valence-electron chi connectivity index (χ2n) is 8.59. The average molecular weight is 449 g/mol. The number of unbranched alkanes of at least 4 members (excludes halogenated alkanes) is 1. The molecule has 6 nitrogen and oxygen atoms in total. The molecule has 0 bridgehead atoms. The molecular formula is C27H32N2O4. The van der Waals surface area contributed by atoms with Gasteiger partial charge in [-0.1, -0.05) is 54.6 Å². The van der Waals surface area contributed by atoms with Gasteiger partial charge in [-0.25, -0.2) is 0 Å². The number of rotatable bonds is 11. The van der Waals surface area contributed by atoms with Crippen LogP contribution < -0.4 is 10.6 Å². The fraction of sp³-hybridized carbons (Fsp3) is 0.407. The van der Waals surface area contributed by atoms with Crippen molar-refractivity contribution in [3.63, 3.8) is 0 Å². The quantitative estimate of drug-likeness (QED) is 0.313. The zero-order valence-electron chi connectivity index (χ0n) is 18.7. The molecule has 4 N–H and O–H groups in total. The molecule has 0 aliphatic heterocycles. The number of nitrogens with one attached hydrogen (secondary N) is 2.